The molecule has 1 amide bonds. The Morgan fingerprint density at radius 1 is 1.30 bits per heavy atom. The molecule has 1 unspecified atom stereocenters. The minimum atomic E-state index is -4.67. The number of aryl methyl sites for hydroxylation is 3. The molecule has 0 bridgehead atoms. The van der Waals surface area contributed by atoms with Crippen LogP contribution in [0.25, 0.3) is 5.65 Å². The van der Waals surface area contributed by atoms with Crippen molar-refractivity contribution in [2.45, 2.75) is 33.0 Å². The summed E-state index contributed by atoms with van der Waals surface area (Å²) in [4.78, 5) is 16.6. The number of nitrogens with one attached hydrogen (secondary N) is 1. The van der Waals surface area contributed by atoms with Gasteiger partial charge in [-0.25, -0.2) is 9.50 Å². The Kier molecular flexibility index (Phi) is 4.62. The molecule has 0 radical (unpaired) electrons. The van der Waals surface area contributed by atoms with E-state index in [4.69, 9.17) is 11.6 Å². The van der Waals surface area contributed by atoms with Gasteiger partial charge < -0.3 is 5.32 Å². The van der Waals surface area contributed by atoms with E-state index >= 15 is 0 Å². The number of carbonyl (C=O) groups is 1. The highest BCUT2D eigenvalue weighted by Crippen LogP contribution is 2.32. The van der Waals surface area contributed by atoms with Gasteiger partial charge in [0.15, 0.2) is 11.3 Å². The maximum Gasteiger partial charge on any atom is 0.433 e. The molecular formula is C16H16ClF3N6O. The van der Waals surface area contributed by atoms with Gasteiger partial charge in [0.25, 0.3) is 5.91 Å². The summed E-state index contributed by atoms with van der Waals surface area (Å²) >= 11 is 6.12. The van der Waals surface area contributed by atoms with Gasteiger partial charge in [0.05, 0.1) is 11.7 Å². The Morgan fingerprint density at radius 2 is 1.96 bits per heavy atom. The third-order valence-electron chi connectivity index (χ3n) is 4.03. The molecule has 11 heteroatoms. The van der Waals surface area contributed by atoms with Crippen LogP contribution >= 0.6 is 11.6 Å². The van der Waals surface area contributed by atoms with Crippen molar-refractivity contribution in [1.82, 2.24) is 29.7 Å². The predicted molar refractivity (Wildman–Crippen MR) is 91.6 cm³/mol. The number of alkyl halides is 3. The van der Waals surface area contributed by atoms with Crippen LogP contribution in [-0.2, 0) is 13.2 Å². The summed E-state index contributed by atoms with van der Waals surface area (Å²) in [5.41, 5.74) is 0.0109. The van der Waals surface area contributed by atoms with Crippen LogP contribution < -0.4 is 5.32 Å². The first kappa shape index (κ1) is 19.2. The summed E-state index contributed by atoms with van der Waals surface area (Å²) in [6.07, 6.45) is -2.92. The summed E-state index contributed by atoms with van der Waals surface area (Å²) in [5, 5.41) is 10.4. The molecule has 3 aromatic rings. The van der Waals surface area contributed by atoms with E-state index in [-0.39, 0.29) is 22.1 Å². The highest BCUT2D eigenvalue weighted by Gasteiger charge is 2.36. The largest absolute Gasteiger partial charge is 0.433 e. The number of amides is 1. The number of hydrogen-bond acceptors (Lipinski definition) is 4. The number of hydrogen-bond donors (Lipinski definition) is 1. The van der Waals surface area contributed by atoms with E-state index in [0.717, 1.165) is 17.3 Å². The molecule has 1 atom stereocenters. The maximum absolute atomic E-state index is 13.3. The van der Waals surface area contributed by atoms with Crippen molar-refractivity contribution in [2.24, 2.45) is 7.05 Å². The zero-order valence-corrected chi connectivity index (χ0v) is 15.6. The van der Waals surface area contributed by atoms with E-state index in [0.29, 0.717) is 4.52 Å². The first-order valence-electron chi connectivity index (χ1n) is 7.93. The third-order valence-corrected chi connectivity index (χ3v) is 4.38. The molecule has 7 nitrogen and oxygen atoms in total. The normalized spacial score (nSPS) is 13.2. The van der Waals surface area contributed by atoms with E-state index in [1.807, 2.05) is 0 Å². The second kappa shape index (κ2) is 6.52. The Labute approximate surface area is 157 Å². The fraction of sp³-hybridized carbons (Fsp3) is 0.375. The number of rotatable bonds is 3. The maximum atomic E-state index is 13.3. The third kappa shape index (κ3) is 3.48. The summed E-state index contributed by atoms with van der Waals surface area (Å²) in [6.45, 7) is 4.93. The van der Waals surface area contributed by atoms with Gasteiger partial charge in [-0.1, -0.05) is 11.6 Å². The highest BCUT2D eigenvalue weighted by molar-refractivity contribution is 6.36. The van der Waals surface area contributed by atoms with Gasteiger partial charge in [-0.05, 0) is 26.8 Å². The molecule has 0 fully saturated rings. The molecular weight excluding hydrogens is 385 g/mol. The molecule has 3 rings (SSSR count). The lowest BCUT2D eigenvalue weighted by atomic mass is 10.1. The first-order chi connectivity index (χ1) is 12.5. The Hall–Kier alpha value is -2.62. The Morgan fingerprint density at radius 3 is 2.52 bits per heavy atom. The van der Waals surface area contributed by atoms with Crippen molar-refractivity contribution in [3.8, 4) is 0 Å². The van der Waals surface area contributed by atoms with Gasteiger partial charge in [0, 0.05) is 24.5 Å². The first-order valence-corrected chi connectivity index (χ1v) is 8.31. The average molecular weight is 401 g/mol. The van der Waals surface area contributed by atoms with Crippen LogP contribution in [0.15, 0.2) is 12.3 Å². The lowest BCUT2D eigenvalue weighted by molar-refractivity contribution is -0.142. The van der Waals surface area contributed by atoms with Gasteiger partial charge in [0.2, 0.25) is 0 Å². The molecule has 3 aromatic heterocycles. The van der Waals surface area contributed by atoms with Crippen molar-refractivity contribution >= 4 is 23.2 Å². The van der Waals surface area contributed by atoms with E-state index in [1.54, 1.807) is 31.8 Å². The van der Waals surface area contributed by atoms with Crippen LogP contribution in [0, 0.1) is 13.8 Å². The zero-order chi connectivity index (χ0) is 20.1. The second-order valence-corrected chi connectivity index (χ2v) is 6.60. The van der Waals surface area contributed by atoms with Gasteiger partial charge in [-0.15, -0.1) is 0 Å². The van der Waals surface area contributed by atoms with Crippen molar-refractivity contribution in [2.75, 3.05) is 0 Å². The lowest BCUT2D eigenvalue weighted by Crippen LogP contribution is -2.27. The topological polar surface area (TPSA) is 77.1 Å². The van der Waals surface area contributed by atoms with Crippen LogP contribution in [0.4, 0.5) is 13.2 Å². The molecule has 0 aliphatic heterocycles. The van der Waals surface area contributed by atoms with Crippen LogP contribution in [0.2, 0.25) is 5.02 Å². The SMILES string of the molecule is Cc1cc(C(F)(F)F)n2nc(C(=O)NC(C)c3cn(C)nc3C)c(Cl)c2n1. The Balaban J connectivity index is 2.00. The smallest absolute Gasteiger partial charge is 0.344 e. The van der Waals surface area contributed by atoms with Crippen LogP contribution in [-0.4, -0.2) is 30.3 Å². The van der Waals surface area contributed by atoms with Crippen LogP contribution in [0.1, 0.15) is 46.1 Å². The standard InChI is InChI=1S/C16H16ClF3N6O/c1-7-5-11(16(18,19)20)26-14(21-7)12(17)13(24-26)15(27)22-8(2)10-6-25(4)23-9(10)3/h5-6,8H,1-4H3,(H,22,27). The number of carbonyl (C=O) groups excluding carboxylic acids is 1. The van der Waals surface area contributed by atoms with Crippen LogP contribution in [0.5, 0.6) is 0 Å². The number of aromatic nitrogens is 5. The number of halogens is 4. The van der Waals surface area contributed by atoms with Crippen molar-refractivity contribution in [3.05, 3.63) is 45.6 Å². The molecule has 0 saturated carbocycles. The van der Waals surface area contributed by atoms with Gasteiger partial charge >= 0.3 is 6.18 Å². The summed E-state index contributed by atoms with van der Waals surface area (Å²) < 4.78 is 42.0. The summed E-state index contributed by atoms with van der Waals surface area (Å²) in [5.74, 6) is -0.702. The van der Waals surface area contributed by atoms with E-state index in [9.17, 15) is 18.0 Å². The minimum Gasteiger partial charge on any atom is -0.344 e. The van der Waals surface area contributed by atoms with Gasteiger partial charge in [0.1, 0.15) is 10.7 Å². The number of nitrogens with zero attached hydrogens (tertiary/aromatic N) is 5. The summed E-state index contributed by atoms with van der Waals surface area (Å²) in [6, 6.07) is 0.406. The average Bonchev–Trinajstić information content (AvgIpc) is 3.05. The molecule has 0 spiro atoms. The molecule has 1 N–H and O–H groups in total. The monoisotopic (exact) mass is 400 g/mol. The highest BCUT2D eigenvalue weighted by atomic mass is 35.5. The van der Waals surface area contributed by atoms with E-state index < -0.39 is 23.8 Å². The Bertz CT molecular complexity index is 1040. The van der Waals surface area contributed by atoms with Crippen molar-refractivity contribution in [1.29, 1.82) is 0 Å². The molecule has 27 heavy (non-hydrogen) atoms. The second-order valence-electron chi connectivity index (χ2n) is 6.22. The van der Waals surface area contributed by atoms with E-state index in [2.05, 4.69) is 20.5 Å². The predicted octanol–water partition coefficient (Wildman–Crippen LogP) is 3.24. The molecule has 0 aromatic carbocycles. The fourth-order valence-electron chi connectivity index (χ4n) is 2.85. The molecule has 0 aliphatic rings. The van der Waals surface area contributed by atoms with Gasteiger partial charge in [-0.3, -0.25) is 9.48 Å². The molecule has 3 heterocycles. The minimum absolute atomic E-state index is 0.114. The van der Waals surface area contributed by atoms with Gasteiger partial charge in [-0.2, -0.15) is 23.4 Å². The van der Waals surface area contributed by atoms with Crippen molar-refractivity contribution < 1.29 is 18.0 Å². The quantitative estimate of drug-likeness (QED) is 0.732. The van der Waals surface area contributed by atoms with Crippen molar-refractivity contribution in [3.63, 3.8) is 0 Å². The molecule has 0 aliphatic carbocycles. The van der Waals surface area contributed by atoms with E-state index in [1.165, 1.54) is 6.92 Å². The summed E-state index contributed by atoms with van der Waals surface area (Å²) in [7, 11) is 1.75. The lowest BCUT2D eigenvalue weighted by Gasteiger charge is -2.12. The van der Waals surface area contributed by atoms with Crippen LogP contribution in [0.3, 0.4) is 0 Å². The number of fused-ring (bicyclic) bond motifs is 1. The molecule has 0 saturated heterocycles. The fourth-order valence-corrected chi connectivity index (χ4v) is 3.09. The zero-order valence-electron chi connectivity index (χ0n) is 14.9. The molecule has 144 valence electrons.